The Morgan fingerprint density at radius 3 is 1.05 bits per heavy atom. The Hall–Kier alpha value is -15.2. The summed E-state index contributed by atoms with van der Waals surface area (Å²) in [6, 6.07) is 137. The normalized spacial score (nSPS) is 13.2. The topological polar surface area (TPSA) is 99.6 Å². The molecule has 14 heteroatoms. The van der Waals surface area contributed by atoms with Crippen LogP contribution in [0.5, 0.6) is 0 Å². The standard InChI is InChI=1S/C52H33N5.C32H29BN2O2.C26H16ClN3/c1-4-14-37(15-5-1)55-31-30-34-24-29-48-49(51(34)55)43-33-36(26-28-47(43)57(48)39-18-8-3-9-19-39)52-53-44-22-12-10-21-41(44)50(54-52)35-25-27-46-42(32-35)40-20-11-13-23-45(40)56(46)38-16-6-2-7-17-38;1-31(2)32(3,4)37-33(36-31)23-16-18-27-26(21-23)29-28(35(27)25-13-9-6-10-14-25)17-15-22-19-20-34(30(22)29)24-11-7-5-8-12-24;27-26-28-22-12-6-4-11-20(22)25(29-26)17-14-15-24-21(16-17)19-10-5-7-13-23(19)30(24)18-8-2-1-3-9-18/h1-33H;5-21H,1-4H3;1-16H. The van der Waals surface area contributed by atoms with E-state index in [-0.39, 0.29) is 16.5 Å². The zero-order chi connectivity index (χ0) is 82.9. The molecule has 24 aromatic rings. The summed E-state index contributed by atoms with van der Waals surface area (Å²) in [5.74, 6) is 0.698. The molecule has 16 aromatic carbocycles. The molecule has 124 heavy (non-hydrogen) atoms. The minimum atomic E-state index is -0.412. The quantitative estimate of drug-likeness (QED) is 0.0999. The van der Waals surface area contributed by atoms with Gasteiger partial charge in [-0.1, -0.05) is 218 Å². The molecular formula is C110H78BClN10O2. The predicted molar refractivity (Wildman–Crippen MR) is 514 cm³/mol. The van der Waals surface area contributed by atoms with Gasteiger partial charge >= 0.3 is 7.12 Å². The number of nitrogens with zero attached hydrogens (tertiary/aromatic N) is 10. The van der Waals surface area contributed by atoms with Gasteiger partial charge in [0, 0.05) is 128 Å². The lowest BCUT2D eigenvalue weighted by molar-refractivity contribution is 0.00578. The van der Waals surface area contributed by atoms with Crippen molar-refractivity contribution >= 4 is 155 Å². The first-order chi connectivity index (χ1) is 60.9. The van der Waals surface area contributed by atoms with E-state index >= 15 is 0 Å². The van der Waals surface area contributed by atoms with Gasteiger partial charge in [-0.15, -0.1) is 0 Å². The first-order valence-corrected chi connectivity index (χ1v) is 42.4. The summed E-state index contributed by atoms with van der Waals surface area (Å²) in [6.45, 7) is 8.40. The van der Waals surface area contributed by atoms with Crippen molar-refractivity contribution in [1.82, 2.24) is 47.3 Å². The van der Waals surface area contributed by atoms with E-state index in [1.807, 2.05) is 30.3 Å². The fraction of sp³-hybridized carbons (Fsp3) is 0.0545. The highest BCUT2D eigenvalue weighted by atomic mass is 35.5. The number of benzene rings is 16. The molecule has 9 heterocycles. The molecule has 1 saturated heterocycles. The molecular weight excluding hydrogens is 1540 g/mol. The van der Waals surface area contributed by atoms with Crippen molar-refractivity contribution < 1.29 is 9.31 Å². The summed E-state index contributed by atoms with van der Waals surface area (Å²) < 4.78 is 26.9. The van der Waals surface area contributed by atoms with Crippen LogP contribution in [-0.2, 0) is 9.31 Å². The molecule has 8 aromatic heterocycles. The Morgan fingerprint density at radius 1 is 0.266 bits per heavy atom. The number of hydrogen-bond acceptors (Lipinski definition) is 6. The van der Waals surface area contributed by atoms with Gasteiger partial charge < -0.3 is 36.7 Å². The van der Waals surface area contributed by atoms with Crippen LogP contribution in [0.25, 0.3) is 199 Å². The molecule has 1 aliphatic heterocycles. The van der Waals surface area contributed by atoms with E-state index in [0.29, 0.717) is 5.82 Å². The van der Waals surface area contributed by atoms with Gasteiger partial charge in [0.2, 0.25) is 5.28 Å². The van der Waals surface area contributed by atoms with Crippen LogP contribution in [0.3, 0.4) is 0 Å². The average Bonchev–Trinajstić information content (AvgIpc) is 1.57. The molecule has 1 fully saturated rings. The van der Waals surface area contributed by atoms with E-state index in [9.17, 15) is 0 Å². The molecule has 0 spiro atoms. The number of para-hydroxylation sites is 10. The van der Waals surface area contributed by atoms with Gasteiger partial charge in [0.1, 0.15) is 0 Å². The lowest BCUT2D eigenvalue weighted by atomic mass is 9.78. The Balaban J connectivity index is 0.000000114. The van der Waals surface area contributed by atoms with Crippen LogP contribution in [0.1, 0.15) is 27.7 Å². The maximum Gasteiger partial charge on any atom is 0.494 e. The van der Waals surface area contributed by atoms with Crippen LogP contribution in [0.15, 0.2) is 401 Å². The van der Waals surface area contributed by atoms with Crippen molar-refractivity contribution in [2.45, 2.75) is 38.9 Å². The number of fused-ring (bicyclic) bond motifs is 18. The third-order valence-electron chi connectivity index (χ3n) is 25.2. The summed E-state index contributed by atoms with van der Waals surface area (Å²) in [5, 5.41) is 14.2. The van der Waals surface area contributed by atoms with E-state index < -0.39 is 7.12 Å². The zero-order valence-corrected chi connectivity index (χ0v) is 69.1. The number of aromatic nitrogens is 10. The molecule has 0 N–H and O–H groups in total. The molecule has 0 radical (unpaired) electrons. The van der Waals surface area contributed by atoms with Crippen molar-refractivity contribution in [3.63, 3.8) is 0 Å². The van der Waals surface area contributed by atoms with Crippen LogP contribution in [0, 0.1) is 0 Å². The molecule has 0 saturated carbocycles. The minimum Gasteiger partial charge on any atom is -0.399 e. The van der Waals surface area contributed by atoms with Crippen LogP contribution in [-0.4, -0.2) is 65.7 Å². The van der Waals surface area contributed by atoms with Gasteiger partial charge in [0.05, 0.1) is 88.8 Å². The molecule has 25 rings (SSSR count). The SMILES string of the molecule is CC1(C)OB(c2ccc3c(c2)c2c4c(ccc2n3-c2ccccc2)ccn4-c2ccccc2)OC1(C)C.Clc1nc(-c2ccc3c(c2)c2ccccc2n3-c2ccccc2)c2ccccc2n1.c1ccc(-n2ccc3ccc4c(c5cc(-c6nc(-c7ccc8c(c7)c7ccccc7n8-c7ccccc7)c7ccccc7n6)ccc5n4-c4ccccc4)c32)cc1. The summed E-state index contributed by atoms with van der Waals surface area (Å²) >= 11 is 6.24. The van der Waals surface area contributed by atoms with Gasteiger partial charge in [0.25, 0.3) is 0 Å². The third kappa shape index (κ3) is 12.3. The summed E-state index contributed by atoms with van der Waals surface area (Å²) in [4.78, 5) is 19.6. The van der Waals surface area contributed by atoms with Crippen LogP contribution in [0.4, 0.5) is 0 Å². The monoisotopic (exact) mass is 1620 g/mol. The lowest BCUT2D eigenvalue weighted by Gasteiger charge is -2.32. The van der Waals surface area contributed by atoms with E-state index in [1.54, 1.807) is 0 Å². The molecule has 1 aliphatic rings. The van der Waals surface area contributed by atoms with E-state index in [4.69, 9.17) is 30.9 Å². The second-order valence-electron chi connectivity index (χ2n) is 32.9. The van der Waals surface area contributed by atoms with Crippen molar-refractivity contribution in [3.05, 3.63) is 406 Å². The number of halogens is 1. The maximum atomic E-state index is 6.43. The van der Waals surface area contributed by atoms with Gasteiger partial charge in [-0.05, 0) is 215 Å². The Morgan fingerprint density at radius 2 is 0.597 bits per heavy atom. The minimum absolute atomic E-state index is 0.260. The number of rotatable bonds is 10. The van der Waals surface area contributed by atoms with Crippen molar-refractivity contribution in [2.24, 2.45) is 0 Å². The smallest absolute Gasteiger partial charge is 0.399 e. The second-order valence-corrected chi connectivity index (χ2v) is 33.2. The van der Waals surface area contributed by atoms with Crippen molar-refractivity contribution in [3.8, 4) is 68.0 Å². The zero-order valence-electron chi connectivity index (χ0n) is 68.3. The molecule has 0 atom stereocenters. The van der Waals surface area contributed by atoms with Crippen LogP contribution < -0.4 is 5.46 Å². The van der Waals surface area contributed by atoms with Crippen LogP contribution >= 0.6 is 11.6 Å². The average molecular weight is 1620 g/mol. The fourth-order valence-electron chi connectivity index (χ4n) is 18.7. The highest BCUT2D eigenvalue weighted by Gasteiger charge is 2.52. The van der Waals surface area contributed by atoms with E-state index in [2.05, 4.69) is 435 Å². The first kappa shape index (κ1) is 73.9. The molecule has 0 amide bonds. The van der Waals surface area contributed by atoms with Gasteiger partial charge in [-0.25, -0.2) is 19.9 Å². The molecule has 0 bridgehead atoms. The summed E-state index contributed by atoms with van der Waals surface area (Å²) in [5.41, 5.74) is 25.4. The fourth-order valence-corrected chi connectivity index (χ4v) is 18.9. The van der Waals surface area contributed by atoms with Gasteiger partial charge in [0.15, 0.2) is 5.82 Å². The summed E-state index contributed by atoms with van der Waals surface area (Å²) in [6.07, 6.45) is 4.35. The predicted octanol–water partition coefficient (Wildman–Crippen LogP) is 27.2. The molecule has 590 valence electrons. The molecule has 0 unspecified atom stereocenters. The van der Waals surface area contributed by atoms with Crippen molar-refractivity contribution in [2.75, 3.05) is 0 Å². The molecule has 12 nitrogen and oxygen atoms in total. The van der Waals surface area contributed by atoms with Crippen LogP contribution in [0.2, 0.25) is 5.28 Å². The lowest BCUT2D eigenvalue weighted by Crippen LogP contribution is -2.41. The first-order valence-electron chi connectivity index (χ1n) is 42.0. The Bertz CT molecular complexity index is 8310. The van der Waals surface area contributed by atoms with E-state index in [1.165, 1.54) is 76.1 Å². The second kappa shape index (κ2) is 29.6. The number of hydrogen-bond donors (Lipinski definition) is 0. The molecule has 0 aliphatic carbocycles. The summed E-state index contributed by atoms with van der Waals surface area (Å²) in [7, 11) is -0.412. The van der Waals surface area contributed by atoms with Crippen molar-refractivity contribution in [1.29, 1.82) is 0 Å². The van der Waals surface area contributed by atoms with Gasteiger partial charge in [-0.3, -0.25) is 0 Å². The Kier molecular flexibility index (Phi) is 17.6. The highest BCUT2D eigenvalue weighted by Crippen LogP contribution is 2.45. The largest absolute Gasteiger partial charge is 0.494 e. The maximum absolute atomic E-state index is 6.43. The van der Waals surface area contributed by atoms with Gasteiger partial charge in [-0.2, -0.15) is 0 Å². The van der Waals surface area contributed by atoms with E-state index in [0.717, 1.165) is 122 Å². The highest BCUT2D eigenvalue weighted by molar-refractivity contribution is 6.62. The third-order valence-corrected chi connectivity index (χ3v) is 25.3. The Labute approximate surface area is 719 Å².